The van der Waals surface area contributed by atoms with Gasteiger partial charge in [0, 0.05) is 26.2 Å². The van der Waals surface area contributed by atoms with Crippen molar-refractivity contribution < 1.29 is 4.79 Å². The minimum absolute atomic E-state index is 0. The highest BCUT2D eigenvalue weighted by Crippen LogP contribution is 2.19. The molecular weight excluding hydrogens is 429 g/mol. The second-order valence-corrected chi connectivity index (χ2v) is 7.79. The first-order valence-electron chi connectivity index (χ1n) is 9.20. The molecule has 0 saturated carbocycles. The van der Waals surface area contributed by atoms with Crippen molar-refractivity contribution in [1.29, 1.82) is 0 Å². The van der Waals surface area contributed by atoms with Crippen LogP contribution in [0.25, 0.3) is 0 Å². The van der Waals surface area contributed by atoms with Gasteiger partial charge in [-0.15, -0.1) is 24.0 Å². The lowest BCUT2D eigenvalue weighted by Crippen LogP contribution is -2.49. The zero-order chi connectivity index (χ0) is 18.2. The van der Waals surface area contributed by atoms with Gasteiger partial charge in [-0.1, -0.05) is 6.92 Å². The second kappa shape index (κ2) is 11.9. The highest BCUT2D eigenvalue weighted by atomic mass is 127. The van der Waals surface area contributed by atoms with E-state index in [-0.39, 0.29) is 35.4 Å². The third-order valence-corrected chi connectivity index (χ3v) is 4.46. The zero-order valence-corrected chi connectivity index (χ0v) is 19.2. The number of likely N-dealkylation sites (N-methyl/N-ethyl adjacent to an activating group) is 1. The van der Waals surface area contributed by atoms with Gasteiger partial charge in [0.1, 0.15) is 0 Å². The predicted octanol–water partition coefficient (Wildman–Crippen LogP) is 2.15. The third kappa shape index (κ3) is 10.2. The minimum atomic E-state index is -0.206. The molecule has 0 aromatic heterocycles. The van der Waals surface area contributed by atoms with E-state index >= 15 is 0 Å². The lowest BCUT2D eigenvalue weighted by Gasteiger charge is -2.31. The third-order valence-electron chi connectivity index (χ3n) is 4.46. The highest BCUT2D eigenvalue weighted by molar-refractivity contribution is 14.0. The van der Waals surface area contributed by atoms with Crippen LogP contribution in [0.2, 0.25) is 0 Å². The van der Waals surface area contributed by atoms with Gasteiger partial charge in [-0.25, -0.2) is 0 Å². The Kier molecular flexibility index (Phi) is 11.7. The molecule has 1 amide bonds. The number of nitrogens with zero attached hydrogens (tertiary/aromatic N) is 3. The Morgan fingerprint density at radius 1 is 1.28 bits per heavy atom. The van der Waals surface area contributed by atoms with Crippen molar-refractivity contribution in [2.45, 2.75) is 52.5 Å². The Labute approximate surface area is 171 Å². The van der Waals surface area contributed by atoms with Crippen molar-refractivity contribution in [2.24, 2.45) is 10.9 Å². The highest BCUT2D eigenvalue weighted by Gasteiger charge is 2.19. The Hall–Kier alpha value is -0.570. The summed E-state index contributed by atoms with van der Waals surface area (Å²) in [5.74, 6) is 1.60. The summed E-state index contributed by atoms with van der Waals surface area (Å²) in [6.45, 7) is 13.0. The summed E-state index contributed by atoms with van der Waals surface area (Å²) in [6, 6.07) is 0. The van der Waals surface area contributed by atoms with Crippen molar-refractivity contribution in [1.82, 2.24) is 20.4 Å². The molecule has 1 fully saturated rings. The maximum atomic E-state index is 12.0. The molecule has 7 heteroatoms. The number of rotatable bonds is 6. The number of hydrogen-bond acceptors (Lipinski definition) is 3. The Morgan fingerprint density at radius 3 is 2.36 bits per heavy atom. The van der Waals surface area contributed by atoms with Crippen LogP contribution in [0.5, 0.6) is 0 Å². The van der Waals surface area contributed by atoms with E-state index in [2.05, 4.69) is 27.4 Å². The number of halogens is 1. The van der Waals surface area contributed by atoms with Crippen molar-refractivity contribution in [3.8, 4) is 0 Å². The van der Waals surface area contributed by atoms with E-state index in [1.165, 1.54) is 38.9 Å². The summed E-state index contributed by atoms with van der Waals surface area (Å²) in [6.07, 6.45) is 3.74. The van der Waals surface area contributed by atoms with Crippen molar-refractivity contribution >= 4 is 35.8 Å². The molecule has 0 unspecified atom stereocenters. The van der Waals surface area contributed by atoms with Crippen molar-refractivity contribution in [3.63, 3.8) is 0 Å². The average molecular weight is 467 g/mol. The largest absolute Gasteiger partial charge is 0.356 e. The fraction of sp³-hybridized carbons (Fsp3) is 0.889. The molecule has 0 atom stereocenters. The Balaban J connectivity index is 0.00000576. The summed E-state index contributed by atoms with van der Waals surface area (Å²) in [7, 11) is 3.66. The topological polar surface area (TPSA) is 60.0 Å². The fourth-order valence-electron chi connectivity index (χ4n) is 3.11. The van der Waals surface area contributed by atoms with Gasteiger partial charge in [-0.05, 0) is 65.6 Å². The van der Waals surface area contributed by atoms with Gasteiger partial charge >= 0.3 is 0 Å². The lowest BCUT2D eigenvalue weighted by molar-refractivity contribution is -0.122. The molecular formula is C18H38IN5O. The molecule has 1 heterocycles. The predicted molar refractivity (Wildman–Crippen MR) is 117 cm³/mol. The average Bonchev–Trinajstić information content (AvgIpc) is 2.50. The minimum Gasteiger partial charge on any atom is -0.356 e. The summed E-state index contributed by atoms with van der Waals surface area (Å²) in [5.41, 5.74) is -0.206. The SMILES string of the molecule is CCN1CCC(CCNC(=NC)N(C)CC(=O)NC(C)(C)C)CC1.I. The van der Waals surface area contributed by atoms with Crippen molar-refractivity contribution in [2.75, 3.05) is 46.8 Å². The monoisotopic (exact) mass is 467 g/mol. The lowest BCUT2D eigenvalue weighted by atomic mass is 9.93. The van der Waals surface area contributed by atoms with Gasteiger partial charge < -0.3 is 20.4 Å². The first-order valence-corrected chi connectivity index (χ1v) is 9.20. The van der Waals surface area contributed by atoms with Crippen LogP contribution in [-0.2, 0) is 4.79 Å². The van der Waals surface area contributed by atoms with Gasteiger partial charge in [0.15, 0.2) is 5.96 Å². The number of hydrogen-bond donors (Lipinski definition) is 2. The summed E-state index contributed by atoms with van der Waals surface area (Å²) < 4.78 is 0. The molecule has 0 spiro atoms. The van der Waals surface area contributed by atoms with E-state index in [0.29, 0.717) is 6.54 Å². The molecule has 25 heavy (non-hydrogen) atoms. The van der Waals surface area contributed by atoms with Crippen LogP contribution in [0.15, 0.2) is 4.99 Å². The number of piperidine rings is 1. The van der Waals surface area contributed by atoms with Gasteiger partial charge in [0.25, 0.3) is 0 Å². The smallest absolute Gasteiger partial charge is 0.240 e. The molecule has 1 aliphatic rings. The fourth-order valence-corrected chi connectivity index (χ4v) is 3.11. The second-order valence-electron chi connectivity index (χ2n) is 7.79. The Bertz CT molecular complexity index is 414. The van der Waals surface area contributed by atoms with Gasteiger partial charge in [0.05, 0.1) is 6.54 Å². The van der Waals surface area contributed by atoms with Crippen LogP contribution in [0, 0.1) is 5.92 Å². The molecule has 148 valence electrons. The van der Waals surface area contributed by atoms with Gasteiger partial charge in [-0.3, -0.25) is 9.79 Å². The summed E-state index contributed by atoms with van der Waals surface area (Å²) in [4.78, 5) is 20.7. The molecule has 1 saturated heterocycles. The molecule has 1 aliphatic heterocycles. The maximum Gasteiger partial charge on any atom is 0.240 e. The number of aliphatic imine (C=N–C) groups is 1. The van der Waals surface area contributed by atoms with Crippen LogP contribution in [0.3, 0.4) is 0 Å². The van der Waals surface area contributed by atoms with E-state index in [4.69, 9.17) is 0 Å². The van der Waals surface area contributed by atoms with Gasteiger partial charge in [-0.2, -0.15) is 0 Å². The molecule has 6 nitrogen and oxygen atoms in total. The van der Waals surface area contributed by atoms with E-state index < -0.39 is 0 Å². The molecule has 0 aliphatic carbocycles. The molecule has 0 bridgehead atoms. The molecule has 2 N–H and O–H groups in total. The maximum absolute atomic E-state index is 12.0. The summed E-state index contributed by atoms with van der Waals surface area (Å²) >= 11 is 0. The first-order chi connectivity index (χ1) is 11.2. The first kappa shape index (κ1) is 24.4. The number of nitrogens with one attached hydrogen (secondary N) is 2. The summed E-state index contributed by atoms with van der Waals surface area (Å²) in [5, 5.41) is 6.37. The van der Waals surface area contributed by atoms with E-state index in [9.17, 15) is 4.79 Å². The number of likely N-dealkylation sites (tertiary alicyclic amines) is 1. The quantitative estimate of drug-likeness (QED) is 0.357. The van der Waals surface area contributed by atoms with E-state index in [1.807, 2.05) is 32.7 Å². The number of guanidine groups is 1. The molecule has 0 aromatic rings. The van der Waals surface area contributed by atoms with Crippen LogP contribution in [0.4, 0.5) is 0 Å². The molecule has 0 radical (unpaired) electrons. The number of amides is 1. The standard InChI is InChI=1S/C18H37N5O.HI/c1-7-23-12-9-15(10-13-23)8-11-20-17(19-5)22(6)14-16(24)21-18(2,3)4;/h15H,7-14H2,1-6H3,(H,19,20)(H,21,24);1H. The zero-order valence-electron chi connectivity index (χ0n) is 16.9. The van der Waals surface area contributed by atoms with Crippen molar-refractivity contribution in [3.05, 3.63) is 0 Å². The Morgan fingerprint density at radius 2 is 1.88 bits per heavy atom. The van der Waals surface area contributed by atoms with Crippen LogP contribution >= 0.6 is 24.0 Å². The number of carbonyl (C=O) groups excluding carboxylic acids is 1. The van der Waals surface area contributed by atoms with Crippen LogP contribution in [-0.4, -0.2) is 74.0 Å². The van der Waals surface area contributed by atoms with E-state index in [1.54, 1.807) is 7.05 Å². The molecule has 0 aromatic carbocycles. The van der Waals surface area contributed by atoms with Crippen LogP contribution < -0.4 is 10.6 Å². The van der Waals surface area contributed by atoms with Crippen LogP contribution in [0.1, 0.15) is 47.0 Å². The normalized spacial score (nSPS) is 17.0. The number of carbonyl (C=O) groups is 1. The van der Waals surface area contributed by atoms with Gasteiger partial charge in [0.2, 0.25) is 5.91 Å². The van der Waals surface area contributed by atoms with E-state index in [0.717, 1.165) is 18.4 Å². The molecule has 1 rings (SSSR count).